The van der Waals surface area contributed by atoms with Gasteiger partial charge in [0.15, 0.2) is 0 Å². The van der Waals surface area contributed by atoms with Crippen molar-refractivity contribution in [2.45, 2.75) is 38.0 Å². The molecule has 1 unspecified atom stereocenters. The summed E-state index contributed by atoms with van der Waals surface area (Å²) in [6.07, 6.45) is 1.99. The molecule has 10 rings (SSSR count). The van der Waals surface area contributed by atoms with Crippen LogP contribution >= 0.6 is 0 Å². The normalized spacial score (nSPS) is 13.5. The van der Waals surface area contributed by atoms with E-state index < -0.39 is 0 Å². The van der Waals surface area contributed by atoms with Crippen LogP contribution in [0, 0.1) is 0 Å². The molecule has 1 aliphatic rings. The molecule has 55 heavy (non-hydrogen) atoms. The summed E-state index contributed by atoms with van der Waals surface area (Å²) in [5, 5.41) is 2.59. The number of aryl methyl sites for hydroxylation is 1. The Morgan fingerprint density at radius 1 is 0.473 bits per heavy atom. The Morgan fingerprint density at radius 2 is 1.07 bits per heavy atom. The zero-order valence-corrected chi connectivity index (χ0v) is 31.4. The number of fused-ring (bicyclic) bond motifs is 6. The Balaban J connectivity index is 1.04. The maximum Gasteiger partial charge on any atom is 0.0543 e. The van der Waals surface area contributed by atoms with Crippen LogP contribution in [0.4, 0.5) is 0 Å². The molecule has 0 aliphatic heterocycles. The van der Waals surface area contributed by atoms with Gasteiger partial charge in [0.2, 0.25) is 0 Å². The van der Waals surface area contributed by atoms with Gasteiger partial charge in [0.05, 0.1) is 16.7 Å². The van der Waals surface area contributed by atoms with Gasteiger partial charge in [-0.1, -0.05) is 190 Å². The van der Waals surface area contributed by atoms with Crippen LogP contribution in [-0.2, 0) is 11.8 Å². The zero-order chi connectivity index (χ0) is 36.9. The molecule has 0 radical (unpaired) electrons. The molecule has 0 N–H and O–H groups in total. The third kappa shape index (κ3) is 5.62. The number of hydrogen-bond acceptors (Lipinski definition) is 0. The molecular formula is C54H43N. The highest BCUT2D eigenvalue weighted by Crippen LogP contribution is 2.52. The molecule has 0 fully saturated rings. The minimum absolute atomic E-state index is 0.123. The second-order valence-corrected chi connectivity index (χ2v) is 15.6. The van der Waals surface area contributed by atoms with Crippen molar-refractivity contribution in [3.63, 3.8) is 0 Å². The van der Waals surface area contributed by atoms with Crippen molar-refractivity contribution >= 4 is 21.8 Å². The highest BCUT2D eigenvalue weighted by Gasteiger charge is 2.37. The molecule has 1 nitrogen and oxygen atoms in total. The summed E-state index contributed by atoms with van der Waals surface area (Å²) in [6.45, 7) is 4.81. The first-order valence-electron chi connectivity index (χ1n) is 19.6. The molecule has 1 heteroatoms. The number of nitrogens with zero attached hydrogens (tertiary/aromatic N) is 1. The van der Waals surface area contributed by atoms with E-state index in [2.05, 4.69) is 213 Å². The van der Waals surface area contributed by atoms with Crippen molar-refractivity contribution in [2.24, 2.45) is 0 Å². The molecule has 1 atom stereocenters. The van der Waals surface area contributed by atoms with Gasteiger partial charge in [-0.3, -0.25) is 0 Å². The Hall–Kier alpha value is -6.44. The summed E-state index contributed by atoms with van der Waals surface area (Å²) < 4.78 is 2.49. The Morgan fingerprint density at radius 3 is 1.78 bits per heavy atom. The van der Waals surface area contributed by atoms with Crippen molar-refractivity contribution in [2.75, 3.05) is 0 Å². The highest BCUT2D eigenvalue weighted by atomic mass is 15.0. The summed E-state index contributed by atoms with van der Waals surface area (Å²) >= 11 is 0. The fourth-order valence-electron chi connectivity index (χ4n) is 9.37. The first kappa shape index (κ1) is 33.2. The summed E-state index contributed by atoms with van der Waals surface area (Å²) in [5.74, 6) is 0.238. The predicted octanol–water partition coefficient (Wildman–Crippen LogP) is 14.2. The van der Waals surface area contributed by atoms with Gasteiger partial charge >= 0.3 is 0 Å². The van der Waals surface area contributed by atoms with Crippen molar-refractivity contribution in [3.05, 3.63) is 222 Å². The van der Waals surface area contributed by atoms with Gasteiger partial charge in [0.1, 0.15) is 0 Å². The van der Waals surface area contributed by atoms with Gasteiger partial charge in [0.25, 0.3) is 0 Å². The lowest BCUT2D eigenvalue weighted by Gasteiger charge is -2.24. The Bertz CT molecular complexity index is 2770. The molecule has 8 aromatic carbocycles. The Kier molecular flexibility index (Phi) is 8.11. The van der Waals surface area contributed by atoms with Crippen LogP contribution < -0.4 is 0 Å². The van der Waals surface area contributed by atoms with Crippen molar-refractivity contribution < 1.29 is 0 Å². The maximum atomic E-state index is 2.52. The molecule has 0 saturated heterocycles. The van der Waals surface area contributed by atoms with E-state index in [1.54, 1.807) is 0 Å². The third-order valence-electron chi connectivity index (χ3n) is 12.1. The number of benzene rings is 8. The molecule has 1 aromatic heterocycles. The fourth-order valence-corrected chi connectivity index (χ4v) is 9.37. The van der Waals surface area contributed by atoms with E-state index in [4.69, 9.17) is 0 Å². The number of para-hydroxylation sites is 2. The molecule has 0 spiro atoms. The largest absolute Gasteiger partial charge is 0.309 e. The number of hydrogen-bond donors (Lipinski definition) is 0. The smallest absolute Gasteiger partial charge is 0.0543 e. The molecule has 0 amide bonds. The summed E-state index contributed by atoms with van der Waals surface area (Å²) in [7, 11) is 0. The first-order chi connectivity index (χ1) is 27.1. The molecule has 9 aromatic rings. The van der Waals surface area contributed by atoms with Gasteiger partial charge < -0.3 is 4.57 Å². The average molecular weight is 706 g/mol. The molecule has 1 aliphatic carbocycles. The average Bonchev–Trinajstić information content (AvgIpc) is 3.70. The van der Waals surface area contributed by atoms with E-state index in [0.717, 1.165) is 12.8 Å². The van der Waals surface area contributed by atoms with Crippen LogP contribution in [0.2, 0.25) is 0 Å². The minimum Gasteiger partial charge on any atom is -0.309 e. The first-order valence-corrected chi connectivity index (χ1v) is 19.6. The molecular weight excluding hydrogens is 663 g/mol. The zero-order valence-electron chi connectivity index (χ0n) is 31.4. The lowest BCUT2D eigenvalue weighted by atomic mass is 9.80. The molecule has 264 valence electrons. The van der Waals surface area contributed by atoms with Crippen LogP contribution in [0.1, 0.15) is 54.0 Å². The van der Waals surface area contributed by atoms with E-state index in [9.17, 15) is 0 Å². The van der Waals surface area contributed by atoms with Crippen LogP contribution in [0.5, 0.6) is 0 Å². The summed E-state index contributed by atoms with van der Waals surface area (Å²) in [4.78, 5) is 0. The van der Waals surface area contributed by atoms with Crippen molar-refractivity contribution in [1.82, 2.24) is 4.57 Å². The van der Waals surface area contributed by atoms with Crippen molar-refractivity contribution in [3.8, 4) is 39.1 Å². The second-order valence-electron chi connectivity index (χ2n) is 15.6. The quantitative estimate of drug-likeness (QED) is 0.148. The monoisotopic (exact) mass is 705 g/mol. The highest BCUT2D eigenvalue weighted by molar-refractivity contribution is 6.10. The van der Waals surface area contributed by atoms with Crippen LogP contribution in [0.15, 0.2) is 194 Å². The van der Waals surface area contributed by atoms with Crippen LogP contribution in [-0.4, -0.2) is 4.57 Å². The number of aromatic nitrogens is 1. The lowest BCUT2D eigenvalue weighted by molar-refractivity contribution is 0.656. The van der Waals surface area contributed by atoms with Crippen molar-refractivity contribution in [1.29, 1.82) is 0 Å². The topological polar surface area (TPSA) is 4.93 Å². The van der Waals surface area contributed by atoms with E-state index in [-0.39, 0.29) is 11.3 Å². The number of rotatable bonds is 8. The predicted molar refractivity (Wildman–Crippen MR) is 232 cm³/mol. The molecule has 1 heterocycles. The van der Waals surface area contributed by atoms with Gasteiger partial charge in [-0.2, -0.15) is 0 Å². The van der Waals surface area contributed by atoms with Gasteiger partial charge in [0, 0.05) is 27.7 Å². The van der Waals surface area contributed by atoms with Gasteiger partial charge in [-0.25, -0.2) is 0 Å². The summed E-state index contributed by atoms with van der Waals surface area (Å²) in [5.41, 5.74) is 18.3. The van der Waals surface area contributed by atoms with E-state index >= 15 is 0 Å². The second kappa shape index (κ2) is 13.4. The third-order valence-corrected chi connectivity index (χ3v) is 12.1. The van der Waals surface area contributed by atoms with E-state index in [1.165, 1.54) is 88.7 Å². The summed E-state index contributed by atoms with van der Waals surface area (Å²) in [6, 6.07) is 71.8. The van der Waals surface area contributed by atoms with E-state index in [1.807, 2.05) is 0 Å². The maximum absolute atomic E-state index is 2.52. The molecule has 0 saturated carbocycles. The van der Waals surface area contributed by atoms with Gasteiger partial charge in [-0.05, 0) is 86.7 Å². The van der Waals surface area contributed by atoms with Gasteiger partial charge in [-0.15, -0.1) is 0 Å². The van der Waals surface area contributed by atoms with Crippen LogP contribution in [0.25, 0.3) is 60.9 Å². The SMILES string of the molecule is CC1(C)c2cc(CCC(c3ccc(-c4ccccc4)cc3)c3ccccc3-c3ccccc3)ccc2-c2c(-n3c4ccccc4c4ccccc43)cccc21. The lowest BCUT2D eigenvalue weighted by Crippen LogP contribution is -2.15. The molecule has 0 bridgehead atoms. The van der Waals surface area contributed by atoms with E-state index in [0.29, 0.717) is 0 Å². The minimum atomic E-state index is -0.123. The Labute approximate surface area is 324 Å². The fraction of sp³-hybridized carbons (Fsp3) is 0.111. The van der Waals surface area contributed by atoms with Crippen LogP contribution in [0.3, 0.4) is 0 Å². The standard InChI is InChI=1S/C54H43N/c1-54(2)48-24-15-27-52(55-50-25-13-11-22-45(50)46-23-12-14-26-51(46)55)53(48)47-35-29-37(36-49(47)54)28-34-43(41-32-30-39(31-33-41)38-16-5-3-6-17-38)44-21-10-9-20-42(44)40-18-7-4-8-19-40/h3-27,29-33,35-36,43H,28,34H2,1-2H3.